The van der Waals surface area contributed by atoms with Gasteiger partial charge in [-0.05, 0) is 44.4 Å². The molecule has 1 aromatic carbocycles. The highest BCUT2D eigenvalue weighted by molar-refractivity contribution is 6.31. The lowest BCUT2D eigenvalue weighted by Gasteiger charge is -2.36. The quantitative estimate of drug-likeness (QED) is 0.942. The first-order valence-electron chi connectivity index (χ1n) is 7.22. The van der Waals surface area contributed by atoms with Gasteiger partial charge in [-0.1, -0.05) is 11.6 Å². The predicted octanol–water partition coefficient (Wildman–Crippen LogP) is 3.38. The van der Waals surface area contributed by atoms with Gasteiger partial charge in [0, 0.05) is 28.6 Å². The molecule has 0 radical (unpaired) electrons. The highest BCUT2D eigenvalue weighted by Gasteiger charge is 2.31. The van der Waals surface area contributed by atoms with Crippen LogP contribution in [0.1, 0.15) is 35.4 Å². The van der Waals surface area contributed by atoms with Gasteiger partial charge in [-0.25, -0.2) is 0 Å². The zero-order chi connectivity index (χ0) is 15.0. The molecule has 1 saturated carbocycles. The summed E-state index contributed by atoms with van der Waals surface area (Å²) >= 11 is 6.00. The van der Waals surface area contributed by atoms with Crippen molar-refractivity contribution in [3.8, 4) is 0 Å². The molecule has 1 aromatic heterocycles. The van der Waals surface area contributed by atoms with Gasteiger partial charge in [-0.3, -0.25) is 4.79 Å². The van der Waals surface area contributed by atoms with Crippen molar-refractivity contribution in [2.24, 2.45) is 0 Å². The number of nitrogens with zero attached hydrogens (tertiary/aromatic N) is 1. The Balaban J connectivity index is 1.97. The Morgan fingerprint density at radius 1 is 1.48 bits per heavy atom. The summed E-state index contributed by atoms with van der Waals surface area (Å²) in [4.78, 5) is 14.5. The van der Waals surface area contributed by atoms with Crippen LogP contribution in [0.25, 0.3) is 11.0 Å². The maximum absolute atomic E-state index is 12.7. The fourth-order valence-corrected chi connectivity index (χ4v) is 2.96. The SMILES string of the molecule is Cc1c(C(=O)N(CCO)C2CCC2)oc2ccc(Cl)cc12. The van der Waals surface area contributed by atoms with Gasteiger partial charge in [0.15, 0.2) is 5.76 Å². The molecular weight excluding hydrogens is 290 g/mol. The van der Waals surface area contributed by atoms with Gasteiger partial charge in [-0.15, -0.1) is 0 Å². The number of furan rings is 1. The molecule has 1 fully saturated rings. The maximum Gasteiger partial charge on any atom is 0.290 e. The van der Waals surface area contributed by atoms with Crippen molar-refractivity contribution in [1.29, 1.82) is 0 Å². The van der Waals surface area contributed by atoms with Crippen LogP contribution in [0.15, 0.2) is 22.6 Å². The van der Waals surface area contributed by atoms with E-state index in [2.05, 4.69) is 0 Å². The normalized spacial score (nSPS) is 15.2. The average molecular weight is 308 g/mol. The van der Waals surface area contributed by atoms with Crippen LogP contribution in [0, 0.1) is 6.92 Å². The lowest BCUT2D eigenvalue weighted by molar-refractivity contribution is 0.0496. The van der Waals surface area contributed by atoms with Crippen molar-refractivity contribution >= 4 is 28.5 Å². The molecular formula is C16H18ClNO3. The Bertz CT molecular complexity index is 675. The number of fused-ring (bicyclic) bond motifs is 1. The Labute approximate surface area is 128 Å². The number of hydrogen-bond donors (Lipinski definition) is 1. The van der Waals surface area contributed by atoms with Crippen molar-refractivity contribution in [2.45, 2.75) is 32.2 Å². The van der Waals surface area contributed by atoms with E-state index in [9.17, 15) is 9.90 Å². The van der Waals surface area contributed by atoms with Crippen LogP contribution >= 0.6 is 11.6 Å². The van der Waals surface area contributed by atoms with E-state index in [0.717, 1.165) is 30.2 Å². The molecule has 4 nitrogen and oxygen atoms in total. The molecule has 3 rings (SSSR count). The van der Waals surface area contributed by atoms with E-state index in [0.29, 0.717) is 22.9 Å². The molecule has 1 aliphatic carbocycles. The van der Waals surface area contributed by atoms with Crippen LogP contribution in [0.5, 0.6) is 0 Å². The first-order chi connectivity index (χ1) is 10.1. The molecule has 0 aliphatic heterocycles. The Hall–Kier alpha value is -1.52. The summed E-state index contributed by atoms with van der Waals surface area (Å²) in [6.07, 6.45) is 3.13. The van der Waals surface area contributed by atoms with Crippen molar-refractivity contribution in [3.05, 3.63) is 34.5 Å². The summed E-state index contributed by atoms with van der Waals surface area (Å²) in [6, 6.07) is 5.56. The smallest absolute Gasteiger partial charge is 0.290 e. The standard InChI is InChI=1S/C16H18ClNO3/c1-10-13-9-11(17)5-6-14(13)21-15(10)16(20)18(7-8-19)12-3-2-4-12/h5-6,9,12,19H,2-4,7-8H2,1H3. The predicted molar refractivity (Wildman–Crippen MR) is 81.7 cm³/mol. The van der Waals surface area contributed by atoms with Crippen molar-refractivity contribution in [2.75, 3.05) is 13.2 Å². The number of aryl methyl sites for hydroxylation is 1. The number of amides is 1. The van der Waals surface area contributed by atoms with Crippen molar-refractivity contribution in [1.82, 2.24) is 4.90 Å². The van der Waals surface area contributed by atoms with Gasteiger partial charge >= 0.3 is 0 Å². The molecule has 1 N–H and O–H groups in total. The summed E-state index contributed by atoms with van der Waals surface area (Å²) in [6.45, 7) is 2.18. The molecule has 0 atom stereocenters. The van der Waals surface area contributed by atoms with E-state index in [1.807, 2.05) is 13.0 Å². The third kappa shape index (κ3) is 2.54. The highest BCUT2D eigenvalue weighted by atomic mass is 35.5. The molecule has 2 aromatic rings. The fourth-order valence-electron chi connectivity index (χ4n) is 2.78. The molecule has 0 saturated heterocycles. The van der Waals surface area contributed by atoms with Crippen molar-refractivity contribution < 1.29 is 14.3 Å². The monoisotopic (exact) mass is 307 g/mol. The van der Waals surface area contributed by atoms with Crippen LogP contribution in [0.4, 0.5) is 0 Å². The molecule has 1 aliphatic rings. The van der Waals surface area contributed by atoms with Gasteiger partial charge in [-0.2, -0.15) is 0 Å². The number of benzene rings is 1. The topological polar surface area (TPSA) is 53.7 Å². The number of rotatable bonds is 4. The minimum atomic E-state index is -0.140. The molecule has 1 amide bonds. The summed E-state index contributed by atoms with van der Waals surface area (Å²) < 4.78 is 5.73. The highest BCUT2D eigenvalue weighted by Crippen LogP contribution is 2.31. The third-order valence-electron chi connectivity index (χ3n) is 4.21. The molecule has 112 valence electrons. The van der Waals surface area contributed by atoms with Crippen molar-refractivity contribution in [3.63, 3.8) is 0 Å². The fraction of sp³-hybridized carbons (Fsp3) is 0.438. The zero-order valence-corrected chi connectivity index (χ0v) is 12.7. The van der Waals surface area contributed by atoms with Crippen LogP contribution in [0.2, 0.25) is 5.02 Å². The second-order valence-corrected chi connectivity index (χ2v) is 5.94. The lowest BCUT2D eigenvalue weighted by atomic mass is 9.91. The first kappa shape index (κ1) is 14.4. The largest absolute Gasteiger partial charge is 0.451 e. The van der Waals surface area contributed by atoms with E-state index in [1.54, 1.807) is 17.0 Å². The van der Waals surface area contributed by atoms with Crippen LogP contribution in [-0.4, -0.2) is 35.1 Å². The third-order valence-corrected chi connectivity index (χ3v) is 4.44. The minimum Gasteiger partial charge on any atom is -0.451 e. The number of aliphatic hydroxyl groups is 1. The Morgan fingerprint density at radius 2 is 2.24 bits per heavy atom. The Morgan fingerprint density at radius 3 is 2.86 bits per heavy atom. The van der Waals surface area contributed by atoms with Gasteiger partial charge in [0.2, 0.25) is 0 Å². The number of aliphatic hydroxyl groups excluding tert-OH is 1. The second kappa shape index (κ2) is 5.70. The number of carbonyl (C=O) groups is 1. The van der Waals surface area contributed by atoms with Crippen LogP contribution < -0.4 is 0 Å². The van der Waals surface area contributed by atoms with E-state index >= 15 is 0 Å². The number of halogens is 1. The zero-order valence-electron chi connectivity index (χ0n) is 11.9. The van der Waals surface area contributed by atoms with E-state index < -0.39 is 0 Å². The summed E-state index contributed by atoms with van der Waals surface area (Å²) in [5, 5.41) is 10.7. The molecule has 0 bridgehead atoms. The first-order valence-corrected chi connectivity index (χ1v) is 7.60. The second-order valence-electron chi connectivity index (χ2n) is 5.50. The van der Waals surface area contributed by atoms with Gasteiger partial charge in [0.1, 0.15) is 5.58 Å². The van der Waals surface area contributed by atoms with Gasteiger partial charge < -0.3 is 14.4 Å². The van der Waals surface area contributed by atoms with Gasteiger partial charge in [0.05, 0.1) is 6.61 Å². The summed E-state index contributed by atoms with van der Waals surface area (Å²) in [5.74, 6) is 0.214. The molecule has 0 spiro atoms. The average Bonchev–Trinajstić information content (AvgIpc) is 2.73. The lowest BCUT2D eigenvalue weighted by Crippen LogP contribution is -2.45. The summed E-state index contributed by atoms with van der Waals surface area (Å²) in [5.41, 5.74) is 1.47. The molecule has 5 heteroatoms. The van der Waals surface area contributed by atoms with Gasteiger partial charge in [0.25, 0.3) is 5.91 Å². The number of carbonyl (C=O) groups excluding carboxylic acids is 1. The molecule has 21 heavy (non-hydrogen) atoms. The summed E-state index contributed by atoms with van der Waals surface area (Å²) in [7, 11) is 0. The van der Waals surface area contributed by atoms with E-state index in [-0.39, 0.29) is 18.6 Å². The van der Waals surface area contributed by atoms with Crippen LogP contribution in [-0.2, 0) is 0 Å². The maximum atomic E-state index is 12.7. The van der Waals surface area contributed by atoms with E-state index in [4.69, 9.17) is 16.0 Å². The van der Waals surface area contributed by atoms with E-state index in [1.165, 1.54) is 0 Å². The van der Waals surface area contributed by atoms with Crippen LogP contribution in [0.3, 0.4) is 0 Å². The molecule has 0 unspecified atom stereocenters. The minimum absolute atomic E-state index is 0.0344. The Kier molecular flexibility index (Phi) is 3.91. The number of hydrogen-bond acceptors (Lipinski definition) is 3. The molecule has 1 heterocycles.